The van der Waals surface area contributed by atoms with Gasteiger partial charge < -0.3 is 19.4 Å². The average Bonchev–Trinajstić information content (AvgIpc) is 2.49. The highest BCUT2D eigenvalue weighted by molar-refractivity contribution is 8.48. The van der Waals surface area contributed by atoms with E-state index in [0.29, 0.717) is 20.3 Å². The minimum Gasteiger partial charge on any atom is -0.481 e. The van der Waals surface area contributed by atoms with Crippen molar-refractivity contribution in [3.63, 3.8) is 0 Å². The standard InChI is InChI=1S/C12H22N3O3PS2/c1-3-5-17-6-4-7-18-21-19-11(20)9-8-10(16-2)15-12(13)14-9/h8,11,19-20H,3-7H2,1-2H3,(H2,13,14,15). The molecule has 0 radical (unpaired) electrons. The zero-order chi connectivity index (χ0) is 15.5. The van der Waals surface area contributed by atoms with Crippen molar-refractivity contribution in [2.24, 2.45) is 0 Å². The molecule has 9 heteroatoms. The summed E-state index contributed by atoms with van der Waals surface area (Å²) in [5.74, 6) is 0.632. The molecule has 2 atom stereocenters. The lowest BCUT2D eigenvalue weighted by Gasteiger charge is -2.11. The van der Waals surface area contributed by atoms with Crippen molar-refractivity contribution in [1.82, 2.24) is 9.97 Å². The van der Waals surface area contributed by atoms with E-state index in [4.69, 9.17) is 19.4 Å². The van der Waals surface area contributed by atoms with Gasteiger partial charge in [-0.1, -0.05) is 6.92 Å². The largest absolute Gasteiger partial charge is 0.481 e. The van der Waals surface area contributed by atoms with Crippen LogP contribution in [0.4, 0.5) is 5.95 Å². The molecule has 21 heavy (non-hydrogen) atoms. The van der Waals surface area contributed by atoms with Gasteiger partial charge in [-0.3, -0.25) is 0 Å². The molecule has 1 aromatic heterocycles. The Kier molecular flexibility index (Phi) is 10.1. The molecule has 120 valence electrons. The molecule has 0 aliphatic carbocycles. The van der Waals surface area contributed by atoms with Gasteiger partial charge in [0, 0.05) is 30.9 Å². The fourth-order valence-electron chi connectivity index (χ4n) is 1.35. The van der Waals surface area contributed by atoms with Crippen molar-refractivity contribution in [1.29, 1.82) is 0 Å². The van der Waals surface area contributed by atoms with Crippen molar-refractivity contribution in [3.8, 4) is 5.88 Å². The van der Waals surface area contributed by atoms with E-state index < -0.39 is 0 Å². The first-order valence-electron chi connectivity index (χ1n) is 6.65. The van der Waals surface area contributed by atoms with Gasteiger partial charge in [0.15, 0.2) is 0 Å². The SMILES string of the molecule is CCCOCCCOSPC(S)c1cc(OC)nc(N)n1. The molecule has 6 nitrogen and oxygen atoms in total. The topological polar surface area (TPSA) is 79.5 Å². The fourth-order valence-corrected chi connectivity index (χ4v) is 3.59. The number of anilines is 1. The Morgan fingerprint density at radius 1 is 1.38 bits per heavy atom. The van der Waals surface area contributed by atoms with Gasteiger partial charge in [-0.25, -0.2) is 4.98 Å². The van der Waals surface area contributed by atoms with E-state index in [0.717, 1.165) is 31.7 Å². The highest BCUT2D eigenvalue weighted by Gasteiger charge is 2.12. The summed E-state index contributed by atoms with van der Waals surface area (Å²) in [6, 6.07) is 1.74. The molecular weight excluding hydrogens is 329 g/mol. The van der Waals surface area contributed by atoms with Gasteiger partial charge in [-0.2, -0.15) is 17.6 Å². The van der Waals surface area contributed by atoms with Crippen LogP contribution in [0.5, 0.6) is 5.88 Å². The van der Waals surface area contributed by atoms with E-state index in [-0.39, 0.29) is 10.9 Å². The first kappa shape index (κ1) is 18.8. The van der Waals surface area contributed by atoms with Crippen LogP contribution < -0.4 is 10.5 Å². The quantitative estimate of drug-likeness (QED) is 0.274. The summed E-state index contributed by atoms with van der Waals surface area (Å²) in [5, 5.41) is 0. The van der Waals surface area contributed by atoms with Crippen LogP contribution in [0, 0.1) is 0 Å². The molecule has 0 aliphatic heterocycles. The van der Waals surface area contributed by atoms with E-state index in [1.807, 2.05) is 0 Å². The van der Waals surface area contributed by atoms with Crippen molar-refractivity contribution in [2.75, 3.05) is 32.7 Å². The maximum Gasteiger partial charge on any atom is 0.223 e. The van der Waals surface area contributed by atoms with Crippen LogP contribution in [-0.4, -0.2) is 36.9 Å². The van der Waals surface area contributed by atoms with Crippen LogP contribution in [0.3, 0.4) is 0 Å². The number of methoxy groups -OCH3 is 1. The second-order valence-electron chi connectivity index (χ2n) is 4.08. The van der Waals surface area contributed by atoms with Crippen molar-refractivity contribution >= 4 is 38.0 Å². The summed E-state index contributed by atoms with van der Waals surface area (Å²) in [4.78, 5) is 8.04. The van der Waals surface area contributed by atoms with Crippen molar-refractivity contribution in [3.05, 3.63) is 11.8 Å². The molecule has 0 amide bonds. The first-order valence-corrected chi connectivity index (χ1v) is 9.71. The van der Waals surface area contributed by atoms with Gasteiger partial charge in [0.05, 0.1) is 24.4 Å². The fraction of sp³-hybridized carbons (Fsp3) is 0.667. The summed E-state index contributed by atoms with van der Waals surface area (Å²) < 4.78 is 15.9. The third kappa shape index (κ3) is 8.07. The number of hydrogen-bond donors (Lipinski definition) is 2. The molecule has 2 N–H and O–H groups in total. The van der Waals surface area contributed by atoms with Gasteiger partial charge in [-0.05, 0) is 20.6 Å². The molecule has 0 spiro atoms. The number of rotatable bonds is 11. The number of nitrogen functional groups attached to an aromatic ring is 1. The van der Waals surface area contributed by atoms with Crippen LogP contribution in [0.2, 0.25) is 0 Å². The van der Waals surface area contributed by atoms with E-state index >= 15 is 0 Å². The Balaban J connectivity index is 2.21. The Labute approximate surface area is 137 Å². The maximum atomic E-state index is 5.62. The summed E-state index contributed by atoms with van der Waals surface area (Å²) in [5.41, 5.74) is 6.36. The van der Waals surface area contributed by atoms with Crippen LogP contribution in [-0.2, 0) is 8.92 Å². The van der Waals surface area contributed by atoms with Crippen LogP contribution in [0.25, 0.3) is 0 Å². The van der Waals surface area contributed by atoms with E-state index in [1.54, 1.807) is 13.2 Å². The molecular formula is C12H22N3O3PS2. The molecule has 0 bridgehead atoms. The molecule has 1 aromatic rings. The second kappa shape index (κ2) is 11.3. The van der Waals surface area contributed by atoms with E-state index in [2.05, 4.69) is 29.5 Å². The van der Waals surface area contributed by atoms with Gasteiger partial charge in [-0.15, -0.1) is 0 Å². The van der Waals surface area contributed by atoms with E-state index in [9.17, 15) is 0 Å². The third-order valence-corrected chi connectivity index (χ3v) is 5.74. The van der Waals surface area contributed by atoms with E-state index in [1.165, 1.54) is 11.7 Å². The zero-order valence-electron chi connectivity index (χ0n) is 12.2. The van der Waals surface area contributed by atoms with Crippen LogP contribution in [0.1, 0.15) is 30.5 Å². The smallest absolute Gasteiger partial charge is 0.223 e. The maximum absolute atomic E-state index is 5.62. The lowest BCUT2D eigenvalue weighted by atomic mass is 10.4. The highest BCUT2D eigenvalue weighted by atomic mass is 32.7. The Morgan fingerprint density at radius 2 is 2.19 bits per heavy atom. The van der Waals surface area contributed by atoms with Gasteiger partial charge in [0.25, 0.3) is 0 Å². The Morgan fingerprint density at radius 3 is 2.90 bits per heavy atom. The normalized spacial score (nSPS) is 12.9. The Hall–Kier alpha value is -0.270. The van der Waals surface area contributed by atoms with Gasteiger partial charge >= 0.3 is 0 Å². The summed E-state index contributed by atoms with van der Waals surface area (Å²) >= 11 is 5.90. The van der Waals surface area contributed by atoms with Crippen molar-refractivity contribution < 1.29 is 13.7 Å². The molecule has 1 rings (SSSR count). The summed E-state index contributed by atoms with van der Waals surface area (Å²) in [6.07, 6.45) is 1.94. The minimum absolute atomic E-state index is 0.0643. The number of nitrogens with two attached hydrogens (primary N) is 1. The number of ether oxygens (including phenoxy) is 2. The highest BCUT2D eigenvalue weighted by Crippen LogP contribution is 2.47. The number of nitrogens with zero attached hydrogens (tertiary/aromatic N) is 2. The lowest BCUT2D eigenvalue weighted by molar-refractivity contribution is 0.123. The molecule has 1 heterocycles. The average molecular weight is 351 g/mol. The van der Waals surface area contributed by atoms with Crippen molar-refractivity contribution in [2.45, 2.75) is 24.8 Å². The predicted molar refractivity (Wildman–Crippen MR) is 92.3 cm³/mol. The lowest BCUT2D eigenvalue weighted by Crippen LogP contribution is -2.01. The number of hydrogen-bond acceptors (Lipinski definition) is 8. The summed E-state index contributed by atoms with van der Waals surface area (Å²) in [6.45, 7) is 4.30. The summed E-state index contributed by atoms with van der Waals surface area (Å²) in [7, 11) is 1.95. The molecule has 2 unspecified atom stereocenters. The molecule has 0 saturated heterocycles. The van der Waals surface area contributed by atoms with Gasteiger partial charge in [0.1, 0.15) is 0 Å². The monoisotopic (exact) mass is 351 g/mol. The molecule has 0 aromatic carbocycles. The third-order valence-electron chi connectivity index (χ3n) is 2.31. The minimum atomic E-state index is -0.0643. The zero-order valence-corrected chi connectivity index (χ0v) is 15.0. The second-order valence-corrected chi connectivity index (χ2v) is 7.51. The molecule has 0 saturated carbocycles. The first-order chi connectivity index (χ1) is 10.2. The van der Waals surface area contributed by atoms with Gasteiger partial charge in [0.2, 0.25) is 11.8 Å². The molecule has 0 aliphatic rings. The Bertz CT molecular complexity index is 415. The number of thiol groups is 1. The van der Waals surface area contributed by atoms with Crippen LogP contribution in [0.15, 0.2) is 6.07 Å². The molecule has 0 fully saturated rings. The predicted octanol–water partition coefficient (Wildman–Crippen LogP) is 3.07. The number of aromatic nitrogens is 2. The van der Waals surface area contributed by atoms with Crippen LogP contribution >= 0.6 is 32.1 Å².